The SMILES string of the molecule is CNC(=O)C(CCCCN)=C(C)C. The molecular weight excluding hydrogens is 164 g/mol. The number of amides is 1. The largest absolute Gasteiger partial charge is 0.355 e. The third-order valence-electron chi connectivity index (χ3n) is 1.99. The van der Waals surface area contributed by atoms with Crippen LogP contribution in [0.15, 0.2) is 11.1 Å². The maximum atomic E-state index is 11.3. The molecule has 3 N–H and O–H groups in total. The number of hydrogen-bond donors (Lipinski definition) is 2. The number of carbonyl (C=O) groups excluding carboxylic acids is 1. The van der Waals surface area contributed by atoms with E-state index in [9.17, 15) is 4.79 Å². The number of hydrogen-bond acceptors (Lipinski definition) is 2. The highest BCUT2D eigenvalue weighted by Crippen LogP contribution is 2.11. The lowest BCUT2D eigenvalue weighted by Crippen LogP contribution is -2.21. The Morgan fingerprint density at radius 1 is 1.31 bits per heavy atom. The summed E-state index contributed by atoms with van der Waals surface area (Å²) in [6, 6.07) is 0. The number of likely N-dealkylation sites (N-methyl/N-ethyl adjacent to an activating group) is 1. The molecule has 0 aromatic heterocycles. The van der Waals surface area contributed by atoms with Gasteiger partial charge in [0.2, 0.25) is 5.91 Å². The topological polar surface area (TPSA) is 55.1 Å². The number of rotatable bonds is 5. The van der Waals surface area contributed by atoms with E-state index in [1.807, 2.05) is 13.8 Å². The van der Waals surface area contributed by atoms with Gasteiger partial charge in [-0.15, -0.1) is 0 Å². The van der Waals surface area contributed by atoms with E-state index in [1.165, 1.54) is 0 Å². The van der Waals surface area contributed by atoms with Crippen LogP contribution in [0, 0.1) is 0 Å². The van der Waals surface area contributed by atoms with Gasteiger partial charge in [0, 0.05) is 12.6 Å². The zero-order valence-electron chi connectivity index (χ0n) is 8.81. The Hall–Kier alpha value is -0.830. The van der Waals surface area contributed by atoms with E-state index in [0.29, 0.717) is 6.54 Å². The van der Waals surface area contributed by atoms with Crippen molar-refractivity contribution < 1.29 is 4.79 Å². The van der Waals surface area contributed by atoms with Crippen molar-refractivity contribution in [2.45, 2.75) is 33.1 Å². The first kappa shape index (κ1) is 12.2. The summed E-state index contributed by atoms with van der Waals surface area (Å²) in [4.78, 5) is 11.3. The first-order valence-corrected chi connectivity index (χ1v) is 4.72. The van der Waals surface area contributed by atoms with Gasteiger partial charge >= 0.3 is 0 Å². The van der Waals surface area contributed by atoms with Gasteiger partial charge in [0.25, 0.3) is 0 Å². The predicted molar refractivity (Wildman–Crippen MR) is 55.3 cm³/mol. The number of nitrogens with one attached hydrogen (secondary N) is 1. The van der Waals surface area contributed by atoms with Crippen molar-refractivity contribution in [1.82, 2.24) is 5.32 Å². The Kier molecular flexibility index (Phi) is 6.24. The Balaban J connectivity index is 4.14. The maximum absolute atomic E-state index is 11.3. The fourth-order valence-corrected chi connectivity index (χ4v) is 1.19. The molecule has 0 radical (unpaired) electrons. The molecule has 0 saturated heterocycles. The lowest BCUT2D eigenvalue weighted by atomic mass is 10.0. The highest BCUT2D eigenvalue weighted by atomic mass is 16.1. The molecule has 0 aliphatic carbocycles. The number of carbonyl (C=O) groups is 1. The summed E-state index contributed by atoms with van der Waals surface area (Å²) < 4.78 is 0. The molecule has 13 heavy (non-hydrogen) atoms. The highest BCUT2D eigenvalue weighted by molar-refractivity contribution is 5.93. The van der Waals surface area contributed by atoms with Gasteiger partial charge in [-0.3, -0.25) is 4.79 Å². The summed E-state index contributed by atoms with van der Waals surface area (Å²) in [6.07, 6.45) is 2.80. The van der Waals surface area contributed by atoms with Crippen LogP contribution in [0.4, 0.5) is 0 Å². The standard InChI is InChI=1S/C10H20N2O/c1-8(2)9(10(13)12-3)6-4-5-7-11/h4-7,11H2,1-3H3,(H,12,13). The summed E-state index contributed by atoms with van der Waals surface area (Å²) in [5.41, 5.74) is 7.38. The molecular formula is C10H20N2O. The van der Waals surface area contributed by atoms with Crippen LogP contribution in [-0.4, -0.2) is 19.5 Å². The fourth-order valence-electron chi connectivity index (χ4n) is 1.19. The van der Waals surface area contributed by atoms with Gasteiger partial charge in [-0.1, -0.05) is 5.57 Å². The van der Waals surface area contributed by atoms with E-state index in [2.05, 4.69) is 5.32 Å². The van der Waals surface area contributed by atoms with Crippen molar-refractivity contribution >= 4 is 5.91 Å². The summed E-state index contributed by atoms with van der Waals surface area (Å²) >= 11 is 0. The first-order valence-electron chi connectivity index (χ1n) is 4.72. The maximum Gasteiger partial charge on any atom is 0.246 e. The van der Waals surface area contributed by atoms with Crippen LogP contribution >= 0.6 is 0 Å². The summed E-state index contributed by atoms with van der Waals surface area (Å²) in [5, 5.41) is 2.65. The molecule has 76 valence electrons. The van der Waals surface area contributed by atoms with E-state index in [4.69, 9.17) is 5.73 Å². The third kappa shape index (κ3) is 4.68. The van der Waals surface area contributed by atoms with E-state index in [0.717, 1.165) is 30.4 Å². The second kappa shape index (κ2) is 6.66. The average molecular weight is 184 g/mol. The lowest BCUT2D eigenvalue weighted by molar-refractivity contribution is -0.117. The van der Waals surface area contributed by atoms with Gasteiger partial charge in [-0.25, -0.2) is 0 Å². The van der Waals surface area contributed by atoms with Gasteiger partial charge < -0.3 is 11.1 Å². The zero-order valence-corrected chi connectivity index (χ0v) is 8.81. The second-order valence-electron chi connectivity index (χ2n) is 3.30. The van der Waals surface area contributed by atoms with Crippen molar-refractivity contribution in [1.29, 1.82) is 0 Å². The Morgan fingerprint density at radius 2 is 1.92 bits per heavy atom. The van der Waals surface area contributed by atoms with Gasteiger partial charge in [-0.2, -0.15) is 0 Å². The minimum Gasteiger partial charge on any atom is -0.355 e. The van der Waals surface area contributed by atoms with Gasteiger partial charge in [0.1, 0.15) is 0 Å². The fraction of sp³-hybridized carbons (Fsp3) is 0.700. The minimum atomic E-state index is 0.0389. The monoisotopic (exact) mass is 184 g/mol. The zero-order chi connectivity index (χ0) is 10.3. The van der Waals surface area contributed by atoms with Gasteiger partial charge in [-0.05, 0) is 39.7 Å². The molecule has 0 bridgehead atoms. The van der Waals surface area contributed by atoms with Crippen molar-refractivity contribution in [2.75, 3.05) is 13.6 Å². The molecule has 0 fully saturated rings. The minimum absolute atomic E-state index is 0.0389. The third-order valence-corrected chi connectivity index (χ3v) is 1.99. The van der Waals surface area contributed by atoms with Crippen molar-refractivity contribution in [3.05, 3.63) is 11.1 Å². The van der Waals surface area contributed by atoms with Crippen molar-refractivity contribution in [3.63, 3.8) is 0 Å². The number of nitrogens with two attached hydrogens (primary N) is 1. The van der Waals surface area contributed by atoms with Crippen LogP contribution in [0.3, 0.4) is 0 Å². The van der Waals surface area contributed by atoms with Crippen molar-refractivity contribution in [3.8, 4) is 0 Å². The molecule has 0 unspecified atom stereocenters. The lowest BCUT2D eigenvalue weighted by Gasteiger charge is -2.07. The molecule has 0 aromatic carbocycles. The second-order valence-corrected chi connectivity index (χ2v) is 3.30. The molecule has 3 nitrogen and oxygen atoms in total. The predicted octanol–water partition coefficient (Wildman–Crippen LogP) is 1.20. The van der Waals surface area contributed by atoms with Crippen LogP contribution < -0.4 is 11.1 Å². The first-order chi connectivity index (χ1) is 6.13. The average Bonchev–Trinajstić information content (AvgIpc) is 2.11. The van der Waals surface area contributed by atoms with Crippen LogP contribution in [0.5, 0.6) is 0 Å². The molecule has 0 heterocycles. The van der Waals surface area contributed by atoms with Crippen LogP contribution in [-0.2, 0) is 4.79 Å². The molecule has 0 saturated carbocycles. The van der Waals surface area contributed by atoms with Crippen LogP contribution in [0.1, 0.15) is 33.1 Å². The summed E-state index contributed by atoms with van der Waals surface area (Å²) in [7, 11) is 1.66. The molecule has 0 rings (SSSR count). The van der Waals surface area contributed by atoms with E-state index in [-0.39, 0.29) is 5.91 Å². The van der Waals surface area contributed by atoms with Crippen LogP contribution in [0.2, 0.25) is 0 Å². The van der Waals surface area contributed by atoms with Gasteiger partial charge in [0.15, 0.2) is 0 Å². The molecule has 3 heteroatoms. The molecule has 0 aliphatic rings. The van der Waals surface area contributed by atoms with E-state index < -0.39 is 0 Å². The van der Waals surface area contributed by atoms with E-state index in [1.54, 1.807) is 7.05 Å². The Bertz CT molecular complexity index is 193. The molecule has 0 atom stereocenters. The van der Waals surface area contributed by atoms with Crippen molar-refractivity contribution in [2.24, 2.45) is 5.73 Å². The molecule has 0 aliphatic heterocycles. The van der Waals surface area contributed by atoms with Gasteiger partial charge in [0.05, 0.1) is 0 Å². The molecule has 1 amide bonds. The highest BCUT2D eigenvalue weighted by Gasteiger charge is 2.07. The quantitative estimate of drug-likeness (QED) is 0.498. The van der Waals surface area contributed by atoms with Crippen LogP contribution in [0.25, 0.3) is 0 Å². The number of allylic oxidation sites excluding steroid dienone is 1. The summed E-state index contributed by atoms with van der Waals surface area (Å²) in [6.45, 7) is 4.63. The Morgan fingerprint density at radius 3 is 2.31 bits per heavy atom. The smallest absolute Gasteiger partial charge is 0.246 e. The normalized spacial score (nSPS) is 9.54. The molecule has 0 spiro atoms. The van der Waals surface area contributed by atoms with E-state index >= 15 is 0 Å². The number of unbranched alkanes of at least 4 members (excludes halogenated alkanes) is 1. The summed E-state index contributed by atoms with van der Waals surface area (Å²) in [5.74, 6) is 0.0389. The Labute approximate surface area is 80.4 Å². The molecule has 0 aromatic rings.